The van der Waals surface area contributed by atoms with E-state index in [2.05, 4.69) is 4.98 Å². The third-order valence-corrected chi connectivity index (χ3v) is 2.51. The van der Waals surface area contributed by atoms with E-state index in [1.165, 1.54) is 6.92 Å². The van der Waals surface area contributed by atoms with Gasteiger partial charge in [-0.25, -0.2) is 0 Å². The molecule has 0 radical (unpaired) electrons. The number of H-pyrrole nitrogens is 1. The molecule has 0 saturated carbocycles. The van der Waals surface area contributed by atoms with Crippen molar-refractivity contribution in [3.05, 3.63) is 36.0 Å². The Bertz CT molecular complexity index is 485. The maximum absolute atomic E-state index is 11.4. The van der Waals surface area contributed by atoms with E-state index in [1.807, 2.05) is 30.5 Å². The van der Waals surface area contributed by atoms with Crippen LogP contribution in [0.2, 0.25) is 0 Å². The number of nitrogens with one attached hydrogen (secondary N) is 1. The quantitative estimate of drug-likeness (QED) is 0.797. The zero-order valence-electron chi connectivity index (χ0n) is 8.53. The first kappa shape index (κ1) is 9.93. The molecule has 1 unspecified atom stereocenters. The molecule has 1 aromatic carbocycles. The number of rotatable bonds is 3. The van der Waals surface area contributed by atoms with Gasteiger partial charge in [0.2, 0.25) is 0 Å². The molecule has 1 atom stereocenters. The van der Waals surface area contributed by atoms with Crippen molar-refractivity contribution in [3.8, 4) is 0 Å². The molecule has 0 fully saturated rings. The molecule has 0 aliphatic carbocycles. The van der Waals surface area contributed by atoms with Crippen molar-refractivity contribution in [3.63, 3.8) is 0 Å². The molecule has 2 N–H and O–H groups in total. The van der Waals surface area contributed by atoms with Crippen molar-refractivity contribution in [2.45, 2.75) is 19.4 Å². The SMILES string of the molecule is CC(O)C(=O)Cc1c[nH]c2ccccc12. The Labute approximate surface area is 87.7 Å². The highest BCUT2D eigenvalue weighted by Crippen LogP contribution is 2.18. The molecule has 0 aliphatic rings. The van der Waals surface area contributed by atoms with Crippen LogP contribution >= 0.6 is 0 Å². The number of aliphatic hydroxyl groups excluding tert-OH is 1. The van der Waals surface area contributed by atoms with E-state index in [9.17, 15) is 4.79 Å². The van der Waals surface area contributed by atoms with Crippen molar-refractivity contribution >= 4 is 16.7 Å². The normalized spacial score (nSPS) is 12.9. The smallest absolute Gasteiger partial charge is 0.165 e. The Hall–Kier alpha value is -1.61. The Balaban J connectivity index is 2.33. The number of hydrogen-bond donors (Lipinski definition) is 2. The molecule has 0 bridgehead atoms. The number of benzene rings is 1. The van der Waals surface area contributed by atoms with Gasteiger partial charge in [0.05, 0.1) is 0 Å². The number of para-hydroxylation sites is 1. The average Bonchev–Trinajstić information content (AvgIpc) is 2.62. The van der Waals surface area contributed by atoms with Crippen LogP contribution in [0.5, 0.6) is 0 Å². The number of aliphatic hydroxyl groups is 1. The minimum absolute atomic E-state index is 0.153. The molecule has 0 saturated heterocycles. The summed E-state index contributed by atoms with van der Waals surface area (Å²) in [5.41, 5.74) is 1.96. The fraction of sp³-hybridized carbons (Fsp3) is 0.250. The molecule has 0 aliphatic heterocycles. The number of carbonyl (C=O) groups excluding carboxylic acids is 1. The van der Waals surface area contributed by atoms with Gasteiger partial charge >= 0.3 is 0 Å². The highest BCUT2D eigenvalue weighted by atomic mass is 16.3. The Morgan fingerprint density at radius 3 is 2.93 bits per heavy atom. The fourth-order valence-corrected chi connectivity index (χ4v) is 1.61. The van der Waals surface area contributed by atoms with Crippen LogP contribution in [-0.4, -0.2) is 22.0 Å². The average molecular weight is 203 g/mol. The lowest BCUT2D eigenvalue weighted by Gasteiger charge is -2.01. The second kappa shape index (κ2) is 3.87. The van der Waals surface area contributed by atoms with E-state index >= 15 is 0 Å². The van der Waals surface area contributed by atoms with Crippen molar-refractivity contribution < 1.29 is 9.90 Å². The number of fused-ring (bicyclic) bond motifs is 1. The van der Waals surface area contributed by atoms with Gasteiger partial charge < -0.3 is 10.1 Å². The molecule has 3 heteroatoms. The lowest BCUT2D eigenvalue weighted by atomic mass is 10.1. The topological polar surface area (TPSA) is 53.1 Å². The Morgan fingerprint density at radius 2 is 2.20 bits per heavy atom. The van der Waals surface area contributed by atoms with Crippen LogP contribution in [0, 0.1) is 0 Å². The summed E-state index contributed by atoms with van der Waals surface area (Å²) in [5, 5.41) is 10.2. The van der Waals surface area contributed by atoms with Gasteiger partial charge in [0.1, 0.15) is 6.10 Å². The molecule has 1 heterocycles. The summed E-state index contributed by atoms with van der Waals surface area (Å²) in [5.74, 6) is -0.153. The molecule has 0 spiro atoms. The number of aromatic amines is 1. The molecule has 78 valence electrons. The second-order valence-electron chi connectivity index (χ2n) is 3.68. The number of Topliss-reactive ketones (excluding diaryl/α,β-unsaturated/α-hetero) is 1. The summed E-state index contributed by atoms with van der Waals surface area (Å²) in [6.45, 7) is 1.50. The molecule has 0 amide bonds. The van der Waals surface area contributed by atoms with Crippen LogP contribution in [0.1, 0.15) is 12.5 Å². The van der Waals surface area contributed by atoms with E-state index in [0.717, 1.165) is 16.5 Å². The van der Waals surface area contributed by atoms with Crippen LogP contribution in [0.4, 0.5) is 0 Å². The van der Waals surface area contributed by atoms with Gasteiger partial charge in [-0.15, -0.1) is 0 Å². The molecule has 2 rings (SSSR count). The number of hydrogen-bond acceptors (Lipinski definition) is 2. The summed E-state index contributed by atoms with van der Waals surface area (Å²) in [4.78, 5) is 14.5. The zero-order chi connectivity index (χ0) is 10.8. The van der Waals surface area contributed by atoms with Crippen LogP contribution < -0.4 is 0 Å². The summed E-state index contributed by atoms with van der Waals surface area (Å²) < 4.78 is 0. The van der Waals surface area contributed by atoms with E-state index in [4.69, 9.17) is 5.11 Å². The van der Waals surface area contributed by atoms with Gasteiger partial charge in [0.25, 0.3) is 0 Å². The van der Waals surface area contributed by atoms with Crippen molar-refractivity contribution in [2.75, 3.05) is 0 Å². The van der Waals surface area contributed by atoms with Gasteiger partial charge in [-0.3, -0.25) is 4.79 Å². The Kier molecular flexibility index (Phi) is 2.56. The minimum atomic E-state index is -0.890. The predicted molar refractivity (Wildman–Crippen MR) is 58.7 cm³/mol. The molecule has 3 nitrogen and oxygen atoms in total. The lowest BCUT2D eigenvalue weighted by molar-refractivity contribution is -0.125. The first-order valence-electron chi connectivity index (χ1n) is 4.94. The maximum atomic E-state index is 11.4. The molecular weight excluding hydrogens is 190 g/mol. The molecule has 1 aromatic heterocycles. The number of aromatic nitrogens is 1. The van der Waals surface area contributed by atoms with E-state index in [1.54, 1.807) is 0 Å². The van der Waals surface area contributed by atoms with Crippen LogP contribution in [0.15, 0.2) is 30.5 Å². The van der Waals surface area contributed by atoms with Gasteiger partial charge in [-0.1, -0.05) is 18.2 Å². The molecular formula is C12H13NO2. The van der Waals surface area contributed by atoms with Gasteiger partial charge in [0.15, 0.2) is 5.78 Å². The first-order valence-corrected chi connectivity index (χ1v) is 4.94. The van der Waals surface area contributed by atoms with Crippen molar-refractivity contribution in [1.29, 1.82) is 0 Å². The fourth-order valence-electron chi connectivity index (χ4n) is 1.61. The van der Waals surface area contributed by atoms with Gasteiger partial charge in [-0.05, 0) is 18.6 Å². The Morgan fingerprint density at radius 1 is 1.47 bits per heavy atom. The summed E-state index contributed by atoms with van der Waals surface area (Å²) in [7, 11) is 0. The minimum Gasteiger partial charge on any atom is -0.386 e. The third-order valence-electron chi connectivity index (χ3n) is 2.51. The highest BCUT2D eigenvalue weighted by Gasteiger charge is 2.12. The van der Waals surface area contributed by atoms with E-state index < -0.39 is 6.10 Å². The summed E-state index contributed by atoms with van der Waals surface area (Å²) in [6.07, 6.45) is 1.21. The van der Waals surface area contributed by atoms with Gasteiger partial charge in [0, 0.05) is 23.5 Å². The third kappa shape index (κ3) is 1.92. The van der Waals surface area contributed by atoms with Crippen molar-refractivity contribution in [1.82, 2.24) is 4.98 Å². The van der Waals surface area contributed by atoms with Gasteiger partial charge in [-0.2, -0.15) is 0 Å². The van der Waals surface area contributed by atoms with Crippen LogP contribution in [0.25, 0.3) is 10.9 Å². The van der Waals surface area contributed by atoms with Crippen molar-refractivity contribution in [2.24, 2.45) is 0 Å². The standard InChI is InChI=1S/C12H13NO2/c1-8(14)12(15)6-9-7-13-11-5-3-2-4-10(9)11/h2-5,7-8,13-14H,6H2,1H3. The number of carbonyl (C=O) groups is 1. The molecule has 15 heavy (non-hydrogen) atoms. The van der Waals surface area contributed by atoms with E-state index in [-0.39, 0.29) is 12.2 Å². The zero-order valence-corrected chi connectivity index (χ0v) is 8.53. The highest BCUT2D eigenvalue weighted by molar-refractivity contribution is 5.91. The van der Waals surface area contributed by atoms with E-state index in [0.29, 0.717) is 0 Å². The summed E-state index contributed by atoms with van der Waals surface area (Å²) in [6, 6.07) is 7.81. The maximum Gasteiger partial charge on any atom is 0.165 e. The van der Waals surface area contributed by atoms with Crippen LogP contribution in [0.3, 0.4) is 0 Å². The predicted octanol–water partition coefficient (Wildman–Crippen LogP) is 1.66. The first-order chi connectivity index (χ1) is 7.18. The monoisotopic (exact) mass is 203 g/mol. The molecule has 2 aromatic rings. The summed E-state index contributed by atoms with van der Waals surface area (Å²) >= 11 is 0. The van der Waals surface area contributed by atoms with Crippen LogP contribution in [-0.2, 0) is 11.2 Å². The second-order valence-corrected chi connectivity index (χ2v) is 3.68. The lowest BCUT2D eigenvalue weighted by Crippen LogP contribution is -2.17. The number of ketones is 1. The largest absolute Gasteiger partial charge is 0.386 e.